The number of alkyl carbamates (subject to hydrolysis) is 1. The summed E-state index contributed by atoms with van der Waals surface area (Å²) in [6.07, 6.45) is 5.05. The minimum absolute atomic E-state index is 0.0147. The Hall–Kier alpha value is -4.21. The van der Waals surface area contributed by atoms with Gasteiger partial charge in [0.1, 0.15) is 17.7 Å². The summed E-state index contributed by atoms with van der Waals surface area (Å²) in [5, 5.41) is 2.28. The van der Waals surface area contributed by atoms with Gasteiger partial charge in [0.2, 0.25) is 21.8 Å². The van der Waals surface area contributed by atoms with Gasteiger partial charge >= 0.3 is 18.2 Å². The van der Waals surface area contributed by atoms with Crippen molar-refractivity contribution >= 4 is 45.8 Å². The van der Waals surface area contributed by atoms with Gasteiger partial charge in [0.15, 0.2) is 5.78 Å². The highest BCUT2D eigenvalue weighted by molar-refractivity contribution is 7.90. The number of Topliss-reactive ketones (excluding diaryl/α,β-unsaturated/α-hetero) is 1. The van der Waals surface area contributed by atoms with E-state index in [1.807, 2.05) is 6.92 Å². The van der Waals surface area contributed by atoms with Gasteiger partial charge in [-0.15, -0.1) is 0 Å². The van der Waals surface area contributed by atoms with Crippen LogP contribution in [0.2, 0.25) is 0 Å². The number of methoxy groups -OCH3 is 1. The van der Waals surface area contributed by atoms with Crippen molar-refractivity contribution in [1.82, 2.24) is 19.8 Å². The maximum absolute atomic E-state index is 14.0. The van der Waals surface area contributed by atoms with Crippen LogP contribution in [0.25, 0.3) is 0 Å². The number of fused-ring (bicyclic) bond motifs is 1. The van der Waals surface area contributed by atoms with Gasteiger partial charge in [-0.3, -0.25) is 24.0 Å². The van der Waals surface area contributed by atoms with Crippen LogP contribution in [0.1, 0.15) is 127 Å². The van der Waals surface area contributed by atoms with Crippen LogP contribution >= 0.6 is 0 Å². The molecule has 1 aromatic carbocycles. The summed E-state index contributed by atoms with van der Waals surface area (Å²) in [6, 6.07) is 3.29. The molecule has 0 radical (unpaired) electrons. The summed E-state index contributed by atoms with van der Waals surface area (Å²) < 4.78 is 42.8. The lowest BCUT2D eigenvalue weighted by atomic mass is 10.0. The number of amides is 4. The van der Waals surface area contributed by atoms with Crippen LogP contribution in [0.15, 0.2) is 18.2 Å². The van der Waals surface area contributed by atoms with Crippen LogP contribution in [0.4, 0.5) is 9.59 Å². The van der Waals surface area contributed by atoms with Crippen molar-refractivity contribution in [1.29, 1.82) is 0 Å². The second-order valence-corrected chi connectivity index (χ2v) is 18.7. The van der Waals surface area contributed by atoms with E-state index in [0.29, 0.717) is 37.7 Å². The molecule has 15 nitrogen and oxygen atoms in total. The Labute approximate surface area is 323 Å². The number of rotatable bonds is 16. The van der Waals surface area contributed by atoms with Gasteiger partial charge in [-0.1, -0.05) is 45.1 Å². The van der Waals surface area contributed by atoms with Gasteiger partial charge in [-0.05, 0) is 89.0 Å². The number of benzene rings is 1. The zero-order chi connectivity index (χ0) is 40.3. The molecule has 0 bridgehead atoms. The Morgan fingerprint density at radius 1 is 0.982 bits per heavy atom. The third-order valence-electron chi connectivity index (χ3n) is 11.1. The van der Waals surface area contributed by atoms with Crippen molar-refractivity contribution in [2.45, 2.75) is 147 Å². The van der Waals surface area contributed by atoms with Crippen LogP contribution in [-0.2, 0) is 51.7 Å². The normalized spacial score (nSPS) is 23.7. The maximum atomic E-state index is 14.0. The van der Waals surface area contributed by atoms with Crippen LogP contribution in [0.3, 0.4) is 0 Å². The summed E-state index contributed by atoms with van der Waals surface area (Å²) in [4.78, 5) is 80.4. The molecule has 5 atom stereocenters. The number of nitrogens with zero attached hydrogens (tertiary/aromatic N) is 2. The molecule has 55 heavy (non-hydrogen) atoms. The molecule has 0 aromatic heterocycles. The van der Waals surface area contributed by atoms with E-state index in [4.69, 9.17) is 14.2 Å². The number of esters is 1. The van der Waals surface area contributed by atoms with Crippen molar-refractivity contribution in [3.8, 4) is 0 Å². The quantitative estimate of drug-likeness (QED) is 0.133. The first-order chi connectivity index (χ1) is 25.8. The fraction of sp³-hybridized carbons (Fsp3) is 0.692. The van der Waals surface area contributed by atoms with Crippen molar-refractivity contribution in [3.63, 3.8) is 0 Å². The Morgan fingerprint density at radius 2 is 1.65 bits per heavy atom. The lowest BCUT2D eigenvalue weighted by molar-refractivity contribution is -0.139. The average molecular weight is 789 g/mol. The first-order valence-electron chi connectivity index (χ1n) is 19.3. The molecule has 2 aliphatic heterocycles. The van der Waals surface area contributed by atoms with Gasteiger partial charge in [0.05, 0.1) is 35.9 Å². The predicted octanol–water partition coefficient (Wildman–Crippen LogP) is 4.74. The molecule has 2 N–H and O–H groups in total. The number of carbonyl (C=O) groups is 6. The maximum Gasteiger partial charge on any atom is 0.410 e. The number of hydrogen-bond acceptors (Lipinski definition) is 11. The average Bonchev–Trinajstić information content (AvgIpc) is 3.98. The van der Waals surface area contributed by atoms with Crippen molar-refractivity contribution in [3.05, 3.63) is 34.9 Å². The monoisotopic (exact) mass is 788 g/mol. The van der Waals surface area contributed by atoms with E-state index in [2.05, 4.69) is 10.0 Å². The van der Waals surface area contributed by atoms with Crippen LogP contribution in [0.5, 0.6) is 0 Å². The molecule has 16 heteroatoms. The zero-order valence-corrected chi connectivity index (χ0v) is 33.6. The molecular weight excluding hydrogens is 733 g/mol. The van der Waals surface area contributed by atoms with E-state index < -0.39 is 74.4 Å². The Bertz CT molecular complexity index is 1770. The third-order valence-corrected chi connectivity index (χ3v) is 12.9. The standard InChI is InChI=1S/C39H56N4O11S/c1-24(44)32-19-29(53-37(49)42-21-26-15-14-25(34(46)52-6)18-27(26)22-42)23-43(32)33(45)31(40-36(48)54-38(2,3)4)13-11-9-7-8-10-12-28-20-39(28,5)35(47)41-55(50,51)30-16-17-30/h14-15,18,28-32H,7-13,16-17,19-23H2,1-6H3,(H,40,48)(H,41,47)/t28-,29-,31+,32+,39+/m1/s1. The first-order valence-corrected chi connectivity index (χ1v) is 20.9. The van der Waals surface area contributed by atoms with E-state index in [9.17, 15) is 37.2 Å². The molecule has 1 saturated heterocycles. The molecule has 0 unspecified atom stereocenters. The smallest absolute Gasteiger partial charge is 0.410 e. The van der Waals surface area contributed by atoms with E-state index in [1.54, 1.807) is 39.0 Å². The largest absolute Gasteiger partial charge is 0.465 e. The minimum atomic E-state index is -3.56. The lowest BCUT2D eigenvalue weighted by Gasteiger charge is -2.29. The molecule has 2 aliphatic carbocycles. The SMILES string of the molecule is COC(=O)c1ccc2c(c1)CN(C(=O)O[C@@H]1C[C@@H](C(C)=O)N(C(=O)[C@H](CCCCCCC[C@@H]3C[C@]3(C)C(=O)NS(=O)(=O)C3CC3)NC(=O)OC(C)(C)C)C1)C2. The highest BCUT2D eigenvalue weighted by Gasteiger charge is 2.56. The van der Waals surface area contributed by atoms with Gasteiger partial charge < -0.3 is 24.4 Å². The highest BCUT2D eigenvalue weighted by atomic mass is 32.2. The zero-order valence-electron chi connectivity index (χ0n) is 32.8. The molecule has 2 heterocycles. The predicted molar refractivity (Wildman–Crippen MR) is 200 cm³/mol. The van der Waals surface area contributed by atoms with Gasteiger partial charge in [0.25, 0.3) is 0 Å². The second kappa shape index (κ2) is 16.9. The molecule has 5 rings (SSSR count). The molecule has 3 fully saturated rings. The van der Waals surface area contributed by atoms with Crippen LogP contribution < -0.4 is 10.0 Å². The van der Waals surface area contributed by atoms with Gasteiger partial charge in [-0.2, -0.15) is 0 Å². The van der Waals surface area contributed by atoms with Crippen LogP contribution in [-0.4, -0.2) is 96.7 Å². The van der Waals surface area contributed by atoms with Crippen LogP contribution in [0, 0.1) is 11.3 Å². The summed E-state index contributed by atoms with van der Waals surface area (Å²) in [5.74, 6) is -1.45. The number of ketones is 1. The van der Waals surface area contributed by atoms with Crippen molar-refractivity contribution < 1.29 is 51.4 Å². The fourth-order valence-corrected chi connectivity index (χ4v) is 8.95. The van der Waals surface area contributed by atoms with Crippen molar-refractivity contribution in [2.24, 2.45) is 11.3 Å². The van der Waals surface area contributed by atoms with E-state index >= 15 is 0 Å². The first kappa shape index (κ1) is 41.9. The number of likely N-dealkylation sites (tertiary alicyclic amines) is 1. The molecule has 4 aliphatic rings. The van der Waals surface area contributed by atoms with E-state index in [-0.39, 0.29) is 37.8 Å². The van der Waals surface area contributed by atoms with Gasteiger partial charge in [0, 0.05) is 19.5 Å². The van der Waals surface area contributed by atoms with E-state index in [0.717, 1.165) is 43.2 Å². The number of sulfonamides is 1. The van der Waals surface area contributed by atoms with Gasteiger partial charge in [-0.25, -0.2) is 22.8 Å². The Morgan fingerprint density at radius 3 is 2.31 bits per heavy atom. The molecule has 1 aromatic rings. The number of unbranched alkanes of at least 4 members (excludes halogenated alkanes) is 4. The number of ether oxygens (including phenoxy) is 3. The number of hydrogen-bond donors (Lipinski definition) is 2. The Balaban J connectivity index is 1.11. The van der Waals surface area contributed by atoms with Crippen molar-refractivity contribution in [2.75, 3.05) is 13.7 Å². The third kappa shape index (κ3) is 10.8. The molecule has 4 amide bonds. The topological polar surface area (TPSA) is 195 Å². The summed E-state index contributed by atoms with van der Waals surface area (Å²) in [5.41, 5.74) is 0.608. The molecule has 304 valence electrons. The minimum Gasteiger partial charge on any atom is -0.465 e. The fourth-order valence-electron chi connectivity index (χ4n) is 7.53. The highest BCUT2D eigenvalue weighted by Crippen LogP contribution is 2.55. The second-order valence-electron chi connectivity index (χ2n) is 16.7. The molecule has 2 saturated carbocycles. The summed E-state index contributed by atoms with van der Waals surface area (Å²) >= 11 is 0. The molecule has 0 spiro atoms. The number of nitrogens with one attached hydrogen (secondary N) is 2. The number of carbonyl (C=O) groups excluding carboxylic acids is 6. The summed E-state index contributed by atoms with van der Waals surface area (Å²) in [6.45, 7) is 8.87. The Kier molecular flexibility index (Phi) is 12.9. The molecular formula is C39H56N4O11S. The summed E-state index contributed by atoms with van der Waals surface area (Å²) in [7, 11) is -2.26. The van der Waals surface area contributed by atoms with E-state index in [1.165, 1.54) is 23.8 Å². The lowest BCUT2D eigenvalue weighted by Crippen LogP contribution is -2.52.